The van der Waals surface area contributed by atoms with E-state index in [0.29, 0.717) is 30.0 Å². The van der Waals surface area contributed by atoms with Crippen LogP contribution in [0.25, 0.3) is 10.9 Å². The van der Waals surface area contributed by atoms with Crippen molar-refractivity contribution in [2.75, 3.05) is 11.9 Å². The number of carbonyl (C=O) groups excluding carboxylic acids is 2. The summed E-state index contributed by atoms with van der Waals surface area (Å²) in [6, 6.07) is 9.64. The fourth-order valence-electron chi connectivity index (χ4n) is 3.18. The Morgan fingerprint density at radius 2 is 2.15 bits per heavy atom. The van der Waals surface area contributed by atoms with Crippen LogP contribution in [-0.2, 0) is 11.2 Å². The summed E-state index contributed by atoms with van der Waals surface area (Å²) >= 11 is 0. The Kier molecular flexibility index (Phi) is 4.27. The van der Waals surface area contributed by atoms with Gasteiger partial charge in [-0.05, 0) is 49.2 Å². The predicted octanol–water partition coefficient (Wildman–Crippen LogP) is 3.00. The number of aromatic nitrogens is 1. The third-order valence-electron chi connectivity index (χ3n) is 4.59. The molecule has 2 aromatic carbocycles. The SMILES string of the molecule is CC1Oc2c(cccc2C(=O)NCCc2c[nH]c3cc(F)ccc23)NC1=O. The first-order valence-electron chi connectivity index (χ1n) is 8.67. The van der Waals surface area contributed by atoms with Crippen LogP contribution < -0.4 is 15.4 Å². The lowest BCUT2D eigenvalue weighted by Gasteiger charge is -2.25. The topological polar surface area (TPSA) is 83.2 Å². The van der Waals surface area contributed by atoms with Crippen molar-refractivity contribution >= 4 is 28.4 Å². The van der Waals surface area contributed by atoms with E-state index in [1.165, 1.54) is 12.1 Å². The fraction of sp³-hybridized carbons (Fsp3) is 0.200. The summed E-state index contributed by atoms with van der Waals surface area (Å²) in [7, 11) is 0. The van der Waals surface area contributed by atoms with Crippen LogP contribution >= 0.6 is 0 Å². The van der Waals surface area contributed by atoms with Gasteiger partial charge in [-0.2, -0.15) is 0 Å². The number of hydrogen-bond acceptors (Lipinski definition) is 3. The van der Waals surface area contributed by atoms with E-state index in [1.54, 1.807) is 31.2 Å². The van der Waals surface area contributed by atoms with Gasteiger partial charge < -0.3 is 20.4 Å². The Labute approximate surface area is 154 Å². The summed E-state index contributed by atoms with van der Waals surface area (Å²) in [6.45, 7) is 2.04. The summed E-state index contributed by atoms with van der Waals surface area (Å²) < 4.78 is 18.9. The van der Waals surface area contributed by atoms with Gasteiger partial charge in [-0.25, -0.2) is 4.39 Å². The third kappa shape index (κ3) is 3.23. The molecule has 0 saturated heterocycles. The van der Waals surface area contributed by atoms with Crippen LogP contribution in [0.4, 0.5) is 10.1 Å². The van der Waals surface area contributed by atoms with E-state index in [2.05, 4.69) is 15.6 Å². The van der Waals surface area contributed by atoms with Gasteiger partial charge in [0.1, 0.15) is 5.82 Å². The van der Waals surface area contributed by atoms with Crippen molar-refractivity contribution in [3.05, 3.63) is 59.5 Å². The number of carbonyl (C=O) groups is 2. The lowest BCUT2D eigenvalue weighted by atomic mass is 10.1. The second-order valence-electron chi connectivity index (χ2n) is 6.44. The van der Waals surface area contributed by atoms with Crippen LogP contribution in [0, 0.1) is 5.82 Å². The zero-order valence-corrected chi connectivity index (χ0v) is 14.6. The highest BCUT2D eigenvalue weighted by molar-refractivity contribution is 6.04. The Morgan fingerprint density at radius 3 is 3.00 bits per heavy atom. The highest BCUT2D eigenvalue weighted by atomic mass is 19.1. The molecule has 6 nitrogen and oxygen atoms in total. The van der Waals surface area contributed by atoms with Gasteiger partial charge >= 0.3 is 0 Å². The van der Waals surface area contributed by atoms with Crippen molar-refractivity contribution in [3.8, 4) is 5.75 Å². The minimum absolute atomic E-state index is 0.240. The van der Waals surface area contributed by atoms with Gasteiger partial charge in [-0.3, -0.25) is 9.59 Å². The van der Waals surface area contributed by atoms with Crippen molar-refractivity contribution in [1.82, 2.24) is 10.3 Å². The lowest BCUT2D eigenvalue weighted by Crippen LogP contribution is -2.36. The number of halogens is 1. The van der Waals surface area contributed by atoms with Crippen molar-refractivity contribution < 1.29 is 18.7 Å². The molecule has 0 spiro atoms. The zero-order valence-electron chi connectivity index (χ0n) is 14.6. The summed E-state index contributed by atoms with van der Waals surface area (Å²) in [5.74, 6) is -0.430. The second kappa shape index (κ2) is 6.75. The molecule has 2 amide bonds. The number of aromatic amines is 1. The molecule has 138 valence electrons. The highest BCUT2D eigenvalue weighted by Gasteiger charge is 2.27. The van der Waals surface area contributed by atoms with Gasteiger partial charge in [0.05, 0.1) is 11.3 Å². The first-order chi connectivity index (χ1) is 13.0. The molecule has 1 aliphatic rings. The molecule has 3 aromatic rings. The fourth-order valence-corrected chi connectivity index (χ4v) is 3.18. The predicted molar refractivity (Wildman–Crippen MR) is 99.5 cm³/mol. The number of benzene rings is 2. The molecule has 0 bridgehead atoms. The number of amides is 2. The van der Waals surface area contributed by atoms with Crippen LogP contribution in [0.5, 0.6) is 5.75 Å². The number of nitrogens with one attached hydrogen (secondary N) is 3. The average Bonchev–Trinajstić information content (AvgIpc) is 3.04. The summed E-state index contributed by atoms with van der Waals surface area (Å²) in [5, 5.41) is 6.53. The van der Waals surface area contributed by atoms with Crippen molar-refractivity contribution in [2.24, 2.45) is 0 Å². The molecule has 1 unspecified atom stereocenters. The molecule has 1 aromatic heterocycles. The molecule has 27 heavy (non-hydrogen) atoms. The van der Waals surface area contributed by atoms with Crippen molar-refractivity contribution in [2.45, 2.75) is 19.4 Å². The number of hydrogen-bond donors (Lipinski definition) is 3. The standard InChI is InChI=1S/C20H18FN3O3/c1-11-19(25)24-16-4-2-3-15(18(16)27-11)20(26)22-8-7-12-10-23-17-9-13(21)5-6-14(12)17/h2-6,9-11,23H,7-8H2,1H3,(H,22,26)(H,24,25). The van der Waals surface area contributed by atoms with Crippen LogP contribution in [-0.4, -0.2) is 29.4 Å². The lowest BCUT2D eigenvalue weighted by molar-refractivity contribution is -0.122. The minimum atomic E-state index is -0.655. The van der Waals surface area contributed by atoms with Crippen LogP contribution in [0.2, 0.25) is 0 Å². The Bertz CT molecular complexity index is 1040. The van der Waals surface area contributed by atoms with E-state index in [0.717, 1.165) is 16.5 Å². The molecule has 0 aliphatic carbocycles. The molecule has 0 fully saturated rings. The third-order valence-corrected chi connectivity index (χ3v) is 4.59. The van der Waals surface area contributed by atoms with E-state index in [1.807, 2.05) is 6.20 Å². The molecule has 0 radical (unpaired) electrons. The monoisotopic (exact) mass is 367 g/mol. The van der Waals surface area contributed by atoms with Crippen LogP contribution in [0.1, 0.15) is 22.8 Å². The first-order valence-corrected chi connectivity index (χ1v) is 8.67. The zero-order chi connectivity index (χ0) is 19.0. The van der Waals surface area contributed by atoms with E-state index in [9.17, 15) is 14.0 Å². The molecule has 3 N–H and O–H groups in total. The van der Waals surface area contributed by atoms with E-state index in [4.69, 9.17) is 4.74 Å². The Hall–Kier alpha value is -3.35. The maximum Gasteiger partial charge on any atom is 0.265 e. The molecular weight excluding hydrogens is 349 g/mol. The molecular formula is C20H18FN3O3. The normalized spacial score (nSPS) is 15.8. The van der Waals surface area contributed by atoms with E-state index >= 15 is 0 Å². The molecule has 0 saturated carbocycles. The molecule has 1 aliphatic heterocycles. The molecule has 1 atom stereocenters. The maximum atomic E-state index is 13.3. The first kappa shape index (κ1) is 17.1. The largest absolute Gasteiger partial charge is 0.478 e. The van der Waals surface area contributed by atoms with Gasteiger partial charge in [-0.1, -0.05) is 6.07 Å². The summed E-state index contributed by atoms with van der Waals surface area (Å²) in [5.41, 5.74) is 2.59. The highest BCUT2D eigenvalue weighted by Crippen LogP contribution is 2.33. The number of para-hydroxylation sites is 1. The van der Waals surface area contributed by atoms with Gasteiger partial charge in [0, 0.05) is 23.6 Å². The van der Waals surface area contributed by atoms with Crippen molar-refractivity contribution in [3.63, 3.8) is 0 Å². The van der Waals surface area contributed by atoms with Gasteiger partial charge in [0.15, 0.2) is 11.9 Å². The maximum absolute atomic E-state index is 13.3. The molecule has 7 heteroatoms. The van der Waals surface area contributed by atoms with E-state index in [-0.39, 0.29) is 17.6 Å². The average molecular weight is 367 g/mol. The van der Waals surface area contributed by atoms with Gasteiger partial charge in [-0.15, -0.1) is 0 Å². The number of rotatable bonds is 4. The number of anilines is 1. The number of ether oxygens (including phenoxy) is 1. The Morgan fingerprint density at radius 1 is 1.30 bits per heavy atom. The number of H-pyrrole nitrogens is 1. The van der Waals surface area contributed by atoms with E-state index < -0.39 is 6.10 Å². The Balaban J connectivity index is 1.46. The van der Waals surface area contributed by atoms with Crippen LogP contribution in [0.3, 0.4) is 0 Å². The van der Waals surface area contributed by atoms with Gasteiger partial charge in [0.25, 0.3) is 11.8 Å². The summed E-state index contributed by atoms with van der Waals surface area (Å²) in [6.07, 6.45) is 1.76. The smallest absolute Gasteiger partial charge is 0.265 e. The second-order valence-corrected chi connectivity index (χ2v) is 6.44. The minimum Gasteiger partial charge on any atom is -0.478 e. The van der Waals surface area contributed by atoms with Crippen molar-refractivity contribution in [1.29, 1.82) is 0 Å². The number of fused-ring (bicyclic) bond motifs is 2. The van der Waals surface area contributed by atoms with Crippen LogP contribution in [0.15, 0.2) is 42.6 Å². The van der Waals surface area contributed by atoms with Gasteiger partial charge in [0.2, 0.25) is 0 Å². The molecule has 2 heterocycles. The summed E-state index contributed by atoms with van der Waals surface area (Å²) in [4.78, 5) is 27.3. The quantitative estimate of drug-likeness (QED) is 0.663. The molecule has 4 rings (SSSR count).